The zero-order chi connectivity index (χ0) is 19.8. The minimum atomic E-state index is 0. The van der Waals surface area contributed by atoms with Crippen molar-refractivity contribution in [2.75, 3.05) is 26.7 Å². The summed E-state index contributed by atoms with van der Waals surface area (Å²) in [5.41, 5.74) is 0. The van der Waals surface area contributed by atoms with Crippen LogP contribution in [0.4, 0.5) is 0 Å². The quantitative estimate of drug-likeness (QED) is 0.286. The zero-order valence-electron chi connectivity index (χ0n) is 17.8. The van der Waals surface area contributed by atoms with Crippen LogP contribution in [0.3, 0.4) is 0 Å². The normalized spacial score (nSPS) is 23.6. The van der Waals surface area contributed by atoms with Crippen LogP contribution in [-0.4, -0.2) is 61.4 Å². The summed E-state index contributed by atoms with van der Waals surface area (Å²) >= 11 is 0. The van der Waals surface area contributed by atoms with E-state index in [4.69, 9.17) is 0 Å². The van der Waals surface area contributed by atoms with E-state index in [1.165, 1.54) is 32.1 Å². The van der Waals surface area contributed by atoms with Gasteiger partial charge in [-0.2, -0.15) is 0 Å². The zero-order valence-corrected chi connectivity index (χ0v) is 20.1. The molecular weight excluding hydrogens is 481 g/mol. The van der Waals surface area contributed by atoms with Gasteiger partial charge in [-0.15, -0.1) is 24.0 Å². The SMILES string of the molecule is CN=C(NCCC(=O)NC1CCCCC1)NC1CCN(C(=O)C2CCCC2)C1.I. The molecule has 2 saturated carbocycles. The molecule has 0 spiro atoms. The summed E-state index contributed by atoms with van der Waals surface area (Å²) in [5, 5.41) is 9.79. The van der Waals surface area contributed by atoms with Crippen LogP contribution >= 0.6 is 24.0 Å². The maximum atomic E-state index is 12.6. The Morgan fingerprint density at radius 2 is 1.62 bits per heavy atom. The molecule has 3 fully saturated rings. The molecule has 3 rings (SSSR count). The van der Waals surface area contributed by atoms with Crippen LogP contribution in [0, 0.1) is 5.92 Å². The van der Waals surface area contributed by atoms with Crippen LogP contribution < -0.4 is 16.0 Å². The van der Waals surface area contributed by atoms with E-state index in [0.717, 1.165) is 45.2 Å². The second kappa shape index (κ2) is 12.6. The van der Waals surface area contributed by atoms with Crippen LogP contribution in [-0.2, 0) is 9.59 Å². The first-order chi connectivity index (χ1) is 13.7. The molecule has 0 aromatic carbocycles. The molecule has 0 aromatic rings. The van der Waals surface area contributed by atoms with Crippen molar-refractivity contribution in [3.05, 3.63) is 0 Å². The Bertz CT molecular complexity index is 559. The van der Waals surface area contributed by atoms with Gasteiger partial charge in [0.05, 0.1) is 0 Å². The molecule has 1 heterocycles. The Morgan fingerprint density at radius 1 is 0.931 bits per heavy atom. The number of nitrogens with one attached hydrogen (secondary N) is 3. The fraction of sp³-hybridized carbons (Fsp3) is 0.857. The highest BCUT2D eigenvalue weighted by molar-refractivity contribution is 14.0. The number of carbonyl (C=O) groups excluding carboxylic acids is 2. The van der Waals surface area contributed by atoms with Gasteiger partial charge in [-0.3, -0.25) is 14.6 Å². The highest BCUT2D eigenvalue weighted by Gasteiger charge is 2.32. The Morgan fingerprint density at radius 3 is 2.31 bits per heavy atom. The van der Waals surface area contributed by atoms with Gasteiger partial charge in [0, 0.05) is 51.1 Å². The van der Waals surface area contributed by atoms with Gasteiger partial charge in [0.25, 0.3) is 0 Å². The first-order valence-electron chi connectivity index (χ1n) is 11.2. The molecular formula is C21H38IN5O2. The van der Waals surface area contributed by atoms with E-state index < -0.39 is 0 Å². The summed E-state index contributed by atoms with van der Waals surface area (Å²) in [7, 11) is 1.74. The average molecular weight is 519 g/mol. The molecule has 0 aromatic heterocycles. The first-order valence-corrected chi connectivity index (χ1v) is 11.2. The smallest absolute Gasteiger partial charge is 0.225 e. The van der Waals surface area contributed by atoms with E-state index in [0.29, 0.717) is 30.9 Å². The molecule has 1 unspecified atom stereocenters. The lowest BCUT2D eigenvalue weighted by molar-refractivity contribution is -0.134. The third kappa shape index (κ3) is 7.61. The van der Waals surface area contributed by atoms with E-state index in [-0.39, 0.29) is 41.8 Å². The van der Waals surface area contributed by atoms with E-state index in [1.54, 1.807) is 7.05 Å². The molecule has 1 atom stereocenters. The number of guanidine groups is 1. The van der Waals surface area contributed by atoms with Gasteiger partial charge in [0.15, 0.2) is 5.96 Å². The van der Waals surface area contributed by atoms with Crippen LogP contribution in [0.1, 0.15) is 70.6 Å². The minimum Gasteiger partial charge on any atom is -0.356 e. The fourth-order valence-corrected chi connectivity index (χ4v) is 4.74. The lowest BCUT2D eigenvalue weighted by atomic mass is 9.95. The summed E-state index contributed by atoms with van der Waals surface area (Å²) in [6, 6.07) is 0.591. The summed E-state index contributed by atoms with van der Waals surface area (Å²) in [6.45, 7) is 2.14. The Balaban J connectivity index is 0.00000300. The molecule has 0 bridgehead atoms. The molecule has 7 nitrogen and oxygen atoms in total. The van der Waals surface area contributed by atoms with Gasteiger partial charge in [-0.05, 0) is 32.1 Å². The largest absolute Gasteiger partial charge is 0.356 e. The molecule has 3 aliphatic rings. The number of rotatable bonds is 6. The Labute approximate surface area is 192 Å². The van der Waals surface area contributed by atoms with E-state index >= 15 is 0 Å². The van der Waals surface area contributed by atoms with Gasteiger partial charge in [0.2, 0.25) is 11.8 Å². The molecule has 29 heavy (non-hydrogen) atoms. The summed E-state index contributed by atoms with van der Waals surface area (Å²) in [6.07, 6.45) is 11.9. The molecule has 166 valence electrons. The maximum absolute atomic E-state index is 12.6. The second-order valence-corrected chi connectivity index (χ2v) is 8.55. The minimum absolute atomic E-state index is 0. The lowest BCUT2D eigenvalue weighted by Crippen LogP contribution is -2.46. The van der Waals surface area contributed by atoms with Crippen molar-refractivity contribution in [2.24, 2.45) is 10.9 Å². The Kier molecular flexibility index (Phi) is 10.5. The first kappa shape index (κ1) is 24.2. The highest BCUT2D eigenvalue weighted by Crippen LogP contribution is 2.27. The number of hydrogen-bond acceptors (Lipinski definition) is 3. The summed E-state index contributed by atoms with van der Waals surface area (Å²) in [4.78, 5) is 31.0. The number of hydrogen-bond donors (Lipinski definition) is 3. The van der Waals surface area contributed by atoms with E-state index in [9.17, 15) is 9.59 Å². The fourth-order valence-electron chi connectivity index (χ4n) is 4.74. The number of carbonyl (C=O) groups is 2. The van der Waals surface area contributed by atoms with Gasteiger partial charge in [-0.25, -0.2) is 0 Å². The highest BCUT2D eigenvalue weighted by atomic mass is 127. The van der Waals surface area contributed by atoms with Crippen molar-refractivity contribution in [3.8, 4) is 0 Å². The van der Waals surface area contributed by atoms with Crippen LogP contribution in [0.2, 0.25) is 0 Å². The topological polar surface area (TPSA) is 85.8 Å². The third-order valence-corrected chi connectivity index (χ3v) is 6.38. The van der Waals surface area contributed by atoms with E-state index in [2.05, 4.69) is 20.9 Å². The molecule has 8 heteroatoms. The molecule has 2 aliphatic carbocycles. The van der Waals surface area contributed by atoms with Crippen molar-refractivity contribution in [3.63, 3.8) is 0 Å². The number of halogens is 1. The lowest BCUT2D eigenvalue weighted by Gasteiger charge is -2.23. The van der Waals surface area contributed by atoms with Crippen molar-refractivity contribution in [2.45, 2.75) is 82.7 Å². The molecule has 2 amide bonds. The van der Waals surface area contributed by atoms with Gasteiger partial charge < -0.3 is 20.9 Å². The number of aliphatic imine (C=N–C) groups is 1. The van der Waals surface area contributed by atoms with E-state index in [1.807, 2.05) is 4.90 Å². The summed E-state index contributed by atoms with van der Waals surface area (Å²) < 4.78 is 0. The Hall–Kier alpha value is -1.06. The van der Waals surface area contributed by atoms with Gasteiger partial charge in [-0.1, -0.05) is 32.1 Å². The van der Waals surface area contributed by atoms with Crippen molar-refractivity contribution < 1.29 is 9.59 Å². The van der Waals surface area contributed by atoms with Gasteiger partial charge >= 0.3 is 0 Å². The van der Waals surface area contributed by atoms with Gasteiger partial charge in [0.1, 0.15) is 0 Å². The predicted molar refractivity (Wildman–Crippen MR) is 126 cm³/mol. The maximum Gasteiger partial charge on any atom is 0.225 e. The predicted octanol–water partition coefficient (Wildman–Crippen LogP) is 2.40. The summed E-state index contributed by atoms with van der Waals surface area (Å²) in [5.74, 6) is 1.41. The molecule has 0 radical (unpaired) electrons. The number of amides is 2. The third-order valence-electron chi connectivity index (χ3n) is 6.38. The number of likely N-dealkylation sites (tertiary alicyclic amines) is 1. The molecule has 1 aliphatic heterocycles. The number of nitrogens with zero attached hydrogens (tertiary/aromatic N) is 2. The molecule has 3 N–H and O–H groups in total. The van der Waals surface area contributed by atoms with Crippen LogP contribution in [0.15, 0.2) is 4.99 Å². The van der Waals surface area contributed by atoms with Crippen molar-refractivity contribution in [1.82, 2.24) is 20.9 Å². The van der Waals surface area contributed by atoms with Crippen LogP contribution in [0.5, 0.6) is 0 Å². The standard InChI is InChI=1S/C21H37N5O2.HI/c1-22-21(23-13-11-19(27)24-17-9-3-2-4-10-17)25-18-12-14-26(15-18)20(28)16-7-5-6-8-16;/h16-18H,2-15H2,1H3,(H,24,27)(H2,22,23,25);1H. The molecule has 1 saturated heterocycles. The second-order valence-electron chi connectivity index (χ2n) is 8.55. The van der Waals surface area contributed by atoms with Crippen molar-refractivity contribution in [1.29, 1.82) is 0 Å². The van der Waals surface area contributed by atoms with Crippen LogP contribution in [0.25, 0.3) is 0 Å². The van der Waals surface area contributed by atoms with Crippen molar-refractivity contribution >= 4 is 41.8 Å². The monoisotopic (exact) mass is 519 g/mol. The average Bonchev–Trinajstić information content (AvgIpc) is 3.40.